The second kappa shape index (κ2) is 12.6. The summed E-state index contributed by atoms with van der Waals surface area (Å²) < 4.78 is 11.9. The van der Waals surface area contributed by atoms with Gasteiger partial charge in [-0.2, -0.15) is 0 Å². The van der Waals surface area contributed by atoms with Gasteiger partial charge in [0.15, 0.2) is 5.43 Å². The highest BCUT2D eigenvalue weighted by Gasteiger charge is 2.09. The summed E-state index contributed by atoms with van der Waals surface area (Å²) in [6.45, 7) is 16.3. The predicted molar refractivity (Wildman–Crippen MR) is 138 cm³/mol. The molecule has 6 heteroatoms. The molecule has 0 amide bonds. The van der Waals surface area contributed by atoms with Crippen molar-refractivity contribution in [2.75, 3.05) is 52.5 Å². The number of ether oxygens (including phenoxy) is 2. The first-order chi connectivity index (χ1) is 16.1. The number of hydrogen-bond acceptors (Lipinski definition) is 5. The Hall–Kier alpha value is -2.57. The van der Waals surface area contributed by atoms with E-state index in [-0.39, 0.29) is 5.43 Å². The lowest BCUT2D eigenvalue weighted by atomic mass is 10.1. The maximum absolute atomic E-state index is 13.0. The van der Waals surface area contributed by atoms with Gasteiger partial charge < -0.3 is 24.3 Å². The van der Waals surface area contributed by atoms with Crippen LogP contribution in [0.15, 0.2) is 41.2 Å². The third-order valence-electron chi connectivity index (χ3n) is 6.30. The molecule has 1 N–H and O–H groups in total. The van der Waals surface area contributed by atoms with Crippen LogP contribution in [0, 0.1) is 0 Å². The molecule has 1 aromatic heterocycles. The van der Waals surface area contributed by atoms with E-state index in [1.54, 1.807) is 0 Å². The van der Waals surface area contributed by atoms with Gasteiger partial charge in [0.1, 0.15) is 11.5 Å². The lowest BCUT2D eigenvalue weighted by Crippen LogP contribution is -2.25. The van der Waals surface area contributed by atoms with E-state index in [2.05, 4.69) is 42.5 Å². The number of aromatic amines is 1. The Bertz CT molecular complexity index is 990. The molecule has 33 heavy (non-hydrogen) atoms. The smallest absolute Gasteiger partial charge is 0.197 e. The van der Waals surface area contributed by atoms with Crippen LogP contribution in [0.25, 0.3) is 21.8 Å². The van der Waals surface area contributed by atoms with Crippen molar-refractivity contribution in [2.24, 2.45) is 0 Å². The first kappa shape index (κ1) is 25.1. The zero-order valence-electron chi connectivity index (χ0n) is 20.7. The Morgan fingerprint density at radius 3 is 1.52 bits per heavy atom. The molecule has 3 rings (SSSR count). The predicted octanol–water partition coefficient (Wildman–Crippen LogP) is 4.90. The number of rotatable bonds is 14. The van der Waals surface area contributed by atoms with Crippen molar-refractivity contribution in [3.63, 3.8) is 0 Å². The quantitative estimate of drug-likeness (QED) is 0.278. The number of nitrogens with one attached hydrogen (secondary N) is 1. The van der Waals surface area contributed by atoms with Gasteiger partial charge in [-0.1, -0.05) is 27.7 Å². The van der Waals surface area contributed by atoms with Crippen molar-refractivity contribution in [3.8, 4) is 11.5 Å². The highest BCUT2D eigenvalue weighted by molar-refractivity contribution is 5.93. The van der Waals surface area contributed by atoms with Crippen molar-refractivity contribution in [1.29, 1.82) is 0 Å². The zero-order chi connectivity index (χ0) is 23.6. The van der Waals surface area contributed by atoms with Crippen LogP contribution in [0.4, 0.5) is 0 Å². The molecule has 1 heterocycles. The lowest BCUT2D eigenvalue weighted by molar-refractivity contribution is 0.249. The van der Waals surface area contributed by atoms with Crippen LogP contribution in [-0.4, -0.2) is 67.3 Å². The number of H-pyrrole nitrogens is 1. The van der Waals surface area contributed by atoms with Crippen LogP contribution in [0.5, 0.6) is 11.5 Å². The molecule has 0 radical (unpaired) electrons. The van der Waals surface area contributed by atoms with Gasteiger partial charge in [0.05, 0.1) is 24.2 Å². The van der Waals surface area contributed by atoms with Gasteiger partial charge in [-0.15, -0.1) is 0 Å². The van der Waals surface area contributed by atoms with Gasteiger partial charge in [0.2, 0.25) is 0 Å². The van der Waals surface area contributed by atoms with E-state index in [0.717, 1.165) is 74.6 Å². The number of benzene rings is 2. The lowest BCUT2D eigenvalue weighted by Gasteiger charge is -2.18. The topological polar surface area (TPSA) is 57.8 Å². The summed E-state index contributed by atoms with van der Waals surface area (Å²) >= 11 is 0. The van der Waals surface area contributed by atoms with Crippen molar-refractivity contribution in [3.05, 3.63) is 46.6 Å². The fraction of sp³-hybridized carbons (Fsp3) is 0.519. The molecule has 0 spiro atoms. The van der Waals surface area contributed by atoms with Crippen LogP contribution >= 0.6 is 0 Å². The second-order valence-electron chi connectivity index (χ2n) is 8.33. The summed E-state index contributed by atoms with van der Waals surface area (Å²) in [5, 5.41) is 1.34. The molecule has 0 saturated heterocycles. The van der Waals surface area contributed by atoms with E-state index in [0.29, 0.717) is 24.0 Å². The van der Waals surface area contributed by atoms with Gasteiger partial charge >= 0.3 is 0 Å². The van der Waals surface area contributed by atoms with Gasteiger partial charge in [0.25, 0.3) is 0 Å². The molecule has 0 fully saturated rings. The third-order valence-corrected chi connectivity index (χ3v) is 6.30. The molecule has 180 valence electrons. The zero-order valence-corrected chi connectivity index (χ0v) is 20.7. The molecule has 0 atom stereocenters. The molecular formula is C27H39N3O3. The Morgan fingerprint density at radius 2 is 1.12 bits per heavy atom. The Morgan fingerprint density at radius 1 is 0.697 bits per heavy atom. The van der Waals surface area contributed by atoms with Crippen LogP contribution in [0.1, 0.15) is 40.5 Å². The molecule has 2 aromatic carbocycles. The summed E-state index contributed by atoms with van der Waals surface area (Å²) in [5.74, 6) is 1.56. The summed E-state index contributed by atoms with van der Waals surface area (Å²) in [4.78, 5) is 21.2. The van der Waals surface area contributed by atoms with E-state index in [1.165, 1.54) is 0 Å². The molecule has 3 aromatic rings. The number of fused-ring (bicyclic) bond motifs is 2. The first-order valence-electron chi connectivity index (χ1n) is 12.4. The van der Waals surface area contributed by atoms with Crippen LogP contribution in [-0.2, 0) is 0 Å². The summed E-state index contributed by atoms with van der Waals surface area (Å²) in [7, 11) is 0. The van der Waals surface area contributed by atoms with Crippen LogP contribution < -0.4 is 14.9 Å². The van der Waals surface area contributed by atoms with Crippen molar-refractivity contribution >= 4 is 21.8 Å². The van der Waals surface area contributed by atoms with Gasteiger partial charge in [0, 0.05) is 36.0 Å². The second-order valence-corrected chi connectivity index (χ2v) is 8.33. The fourth-order valence-corrected chi connectivity index (χ4v) is 4.16. The Labute approximate surface area is 197 Å². The molecule has 0 unspecified atom stereocenters. The molecule has 0 bridgehead atoms. The maximum atomic E-state index is 13.0. The van der Waals surface area contributed by atoms with Crippen molar-refractivity contribution < 1.29 is 9.47 Å². The van der Waals surface area contributed by atoms with E-state index < -0.39 is 0 Å². The molecule has 0 aliphatic rings. The monoisotopic (exact) mass is 453 g/mol. The van der Waals surface area contributed by atoms with Crippen LogP contribution in [0.3, 0.4) is 0 Å². The van der Waals surface area contributed by atoms with Gasteiger partial charge in [-0.25, -0.2) is 0 Å². The van der Waals surface area contributed by atoms with E-state index in [4.69, 9.17) is 9.47 Å². The minimum atomic E-state index is 0.0277. The molecule has 0 aliphatic carbocycles. The average molecular weight is 454 g/mol. The van der Waals surface area contributed by atoms with Gasteiger partial charge in [-0.3, -0.25) is 4.79 Å². The van der Waals surface area contributed by atoms with Crippen LogP contribution in [0.2, 0.25) is 0 Å². The summed E-state index contributed by atoms with van der Waals surface area (Å²) in [6, 6.07) is 11.3. The fourth-order valence-electron chi connectivity index (χ4n) is 4.16. The first-order valence-corrected chi connectivity index (χ1v) is 12.4. The molecule has 0 saturated carbocycles. The molecule has 0 aliphatic heterocycles. The van der Waals surface area contributed by atoms with Crippen molar-refractivity contribution in [1.82, 2.24) is 14.8 Å². The highest BCUT2D eigenvalue weighted by atomic mass is 16.5. The Kier molecular flexibility index (Phi) is 9.58. The van der Waals surface area contributed by atoms with Crippen molar-refractivity contribution in [2.45, 2.75) is 40.5 Å². The number of aromatic nitrogens is 1. The number of nitrogens with zero attached hydrogens (tertiary/aromatic N) is 2. The summed E-state index contributed by atoms with van der Waals surface area (Å²) in [6.07, 6.45) is 1.95. The normalized spacial score (nSPS) is 11.7. The third kappa shape index (κ3) is 6.71. The SMILES string of the molecule is CCN(CC)CCCOc1ccc2c(=O)c3ccc(OCCCN(CC)CC)cc3[nH]c2c1. The Balaban J connectivity index is 1.68. The standard InChI is InChI=1S/C27H39N3O3/c1-5-29(6-2)15-9-17-32-21-11-13-23-25(19-21)28-26-20-22(12-14-24(26)27(23)31)33-18-10-16-30(7-3)8-4/h11-14,19-20H,5-10,15-18H2,1-4H3,(H,28,31). The molecular weight excluding hydrogens is 414 g/mol. The van der Waals surface area contributed by atoms with E-state index >= 15 is 0 Å². The summed E-state index contributed by atoms with van der Waals surface area (Å²) in [5.41, 5.74) is 1.60. The van der Waals surface area contributed by atoms with E-state index in [9.17, 15) is 4.79 Å². The highest BCUT2D eigenvalue weighted by Crippen LogP contribution is 2.23. The average Bonchev–Trinajstić information content (AvgIpc) is 2.84. The maximum Gasteiger partial charge on any atom is 0.197 e. The largest absolute Gasteiger partial charge is 0.493 e. The van der Waals surface area contributed by atoms with Gasteiger partial charge in [-0.05, 0) is 63.3 Å². The number of hydrogen-bond donors (Lipinski definition) is 1. The molecule has 6 nitrogen and oxygen atoms in total. The van der Waals surface area contributed by atoms with E-state index in [1.807, 2.05) is 36.4 Å². The minimum Gasteiger partial charge on any atom is -0.493 e. The number of pyridine rings is 1. The minimum absolute atomic E-state index is 0.0277.